The first kappa shape index (κ1) is 14.5. The molecule has 2 aromatic rings. The van der Waals surface area contributed by atoms with Crippen LogP contribution in [0.15, 0.2) is 12.3 Å². The Morgan fingerprint density at radius 3 is 2.81 bits per heavy atom. The molecule has 5 nitrogen and oxygen atoms in total. The highest BCUT2D eigenvalue weighted by Gasteiger charge is 2.31. The van der Waals surface area contributed by atoms with Crippen LogP contribution in [0, 0.1) is 13.8 Å². The normalized spacial score (nSPS) is 22.8. The number of hydrogen-bond acceptors (Lipinski definition) is 4. The molecule has 1 saturated heterocycles. The van der Waals surface area contributed by atoms with E-state index in [1.165, 1.54) is 5.69 Å². The first-order chi connectivity index (χ1) is 9.82. The Labute approximate surface area is 126 Å². The SMILES string of the molecule is Cc1cc(C)n2cc(CN3CC(C)OC(C)(C)C3)nc2n1. The van der Waals surface area contributed by atoms with Gasteiger partial charge in [0.2, 0.25) is 5.78 Å². The Bertz CT molecular complexity index is 662. The van der Waals surface area contributed by atoms with Gasteiger partial charge in [0.15, 0.2) is 0 Å². The van der Waals surface area contributed by atoms with Crippen molar-refractivity contribution in [3.63, 3.8) is 0 Å². The number of fused-ring (bicyclic) bond motifs is 1. The quantitative estimate of drug-likeness (QED) is 0.851. The van der Waals surface area contributed by atoms with Crippen LogP contribution in [0.4, 0.5) is 0 Å². The largest absolute Gasteiger partial charge is 0.370 e. The lowest BCUT2D eigenvalue weighted by molar-refractivity contribution is -0.130. The highest BCUT2D eigenvalue weighted by Crippen LogP contribution is 2.22. The number of aromatic nitrogens is 3. The van der Waals surface area contributed by atoms with Crippen LogP contribution in [0.25, 0.3) is 5.78 Å². The fourth-order valence-corrected chi connectivity index (χ4v) is 3.33. The van der Waals surface area contributed by atoms with Gasteiger partial charge in [0.25, 0.3) is 0 Å². The predicted molar refractivity (Wildman–Crippen MR) is 82.4 cm³/mol. The van der Waals surface area contributed by atoms with Crippen LogP contribution in [0.3, 0.4) is 0 Å². The fourth-order valence-electron chi connectivity index (χ4n) is 3.33. The highest BCUT2D eigenvalue weighted by atomic mass is 16.5. The Morgan fingerprint density at radius 1 is 1.33 bits per heavy atom. The molecule has 1 aliphatic heterocycles. The van der Waals surface area contributed by atoms with Crippen molar-refractivity contribution in [2.24, 2.45) is 0 Å². The molecule has 1 fully saturated rings. The first-order valence-electron chi connectivity index (χ1n) is 7.55. The van der Waals surface area contributed by atoms with E-state index in [-0.39, 0.29) is 11.7 Å². The molecule has 114 valence electrons. The lowest BCUT2D eigenvalue weighted by Gasteiger charge is -2.41. The molecule has 0 aliphatic carbocycles. The van der Waals surface area contributed by atoms with Crippen LogP contribution >= 0.6 is 0 Å². The number of hydrogen-bond donors (Lipinski definition) is 0. The van der Waals surface area contributed by atoms with Crippen molar-refractivity contribution in [3.05, 3.63) is 29.3 Å². The fraction of sp³-hybridized carbons (Fsp3) is 0.625. The molecule has 0 N–H and O–H groups in total. The molecule has 1 aliphatic rings. The summed E-state index contributed by atoms with van der Waals surface area (Å²) in [6.07, 6.45) is 2.36. The van der Waals surface area contributed by atoms with Crippen LogP contribution < -0.4 is 0 Å². The molecule has 0 bridgehead atoms. The summed E-state index contributed by atoms with van der Waals surface area (Å²) in [6.45, 7) is 13.2. The van der Waals surface area contributed by atoms with Gasteiger partial charge in [-0.3, -0.25) is 9.30 Å². The van der Waals surface area contributed by atoms with Gasteiger partial charge in [0.05, 0.1) is 17.4 Å². The molecular weight excluding hydrogens is 264 g/mol. The van der Waals surface area contributed by atoms with Gasteiger partial charge in [-0.05, 0) is 40.7 Å². The second-order valence-electron chi connectivity index (χ2n) is 6.80. The molecule has 0 radical (unpaired) electrons. The van der Waals surface area contributed by atoms with Crippen LogP contribution in [0.1, 0.15) is 37.9 Å². The van der Waals surface area contributed by atoms with E-state index in [1.54, 1.807) is 0 Å². The minimum atomic E-state index is -0.0957. The molecule has 0 amide bonds. The minimum Gasteiger partial charge on any atom is -0.370 e. The van der Waals surface area contributed by atoms with E-state index in [0.29, 0.717) is 0 Å². The van der Waals surface area contributed by atoms with Crippen molar-refractivity contribution in [1.29, 1.82) is 0 Å². The lowest BCUT2D eigenvalue weighted by Crippen LogP contribution is -2.51. The summed E-state index contributed by atoms with van der Waals surface area (Å²) in [5, 5.41) is 0. The molecular formula is C16H24N4O. The zero-order chi connectivity index (χ0) is 15.2. The van der Waals surface area contributed by atoms with Gasteiger partial charge in [-0.1, -0.05) is 0 Å². The average Bonchev–Trinajstić information content (AvgIpc) is 2.68. The highest BCUT2D eigenvalue weighted by molar-refractivity contribution is 5.34. The second-order valence-corrected chi connectivity index (χ2v) is 6.80. The summed E-state index contributed by atoms with van der Waals surface area (Å²) in [5.41, 5.74) is 3.16. The predicted octanol–water partition coefficient (Wildman–Crippen LogP) is 2.35. The van der Waals surface area contributed by atoms with Crippen molar-refractivity contribution >= 4 is 5.78 Å². The second kappa shape index (κ2) is 5.07. The summed E-state index contributed by atoms with van der Waals surface area (Å²) >= 11 is 0. The van der Waals surface area contributed by atoms with Gasteiger partial charge in [-0.15, -0.1) is 0 Å². The van der Waals surface area contributed by atoms with Crippen LogP contribution in [0.5, 0.6) is 0 Å². The maximum Gasteiger partial charge on any atom is 0.234 e. The number of imidazole rings is 1. The van der Waals surface area contributed by atoms with Crippen molar-refractivity contribution in [3.8, 4) is 0 Å². The van der Waals surface area contributed by atoms with Crippen molar-refractivity contribution < 1.29 is 4.74 Å². The van der Waals surface area contributed by atoms with E-state index < -0.39 is 0 Å². The zero-order valence-electron chi connectivity index (χ0n) is 13.6. The number of nitrogens with zero attached hydrogens (tertiary/aromatic N) is 4. The van der Waals surface area contributed by atoms with Gasteiger partial charge in [0, 0.05) is 37.2 Å². The van der Waals surface area contributed by atoms with Crippen LogP contribution in [-0.4, -0.2) is 44.1 Å². The Balaban J connectivity index is 1.83. The molecule has 2 aromatic heterocycles. The van der Waals surface area contributed by atoms with Crippen LogP contribution in [-0.2, 0) is 11.3 Å². The maximum atomic E-state index is 5.96. The van der Waals surface area contributed by atoms with Gasteiger partial charge in [-0.2, -0.15) is 0 Å². The summed E-state index contributed by atoms with van der Waals surface area (Å²) in [6, 6.07) is 2.08. The summed E-state index contributed by atoms with van der Waals surface area (Å²) in [4.78, 5) is 11.6. The summed E-state index contributed by atoms with van der Waals surface area (Å²) in [5.74, 6) is 0.795. The van der Waals surface area contributed by atoms with E-state index in [4.69, 9.17) is 4.74 Å². The van der Waals surface area contributed by atoms with E-state index in [9.17, 15) is 0 Å². The molecule has 1 atom stereocenters. The number of morpholine rings is 1. The molecule has 3 rings (SSSR count). The molecule has 0 saturated carbocycles. The Morgan fingerprint density at radius 2 is 2.10 bits per heavy atom. The minimum absolute atomic E-state index is 0.0957. The lowest BCUT2D eigenvalue weighted by atomic mass is 10.1. The summed E-state index contributed by atoms with van der Waals surface area (Å²) < 4.78 is 8.02. The van der Waals surface area contributed by atoms with E-state index in [1.807, 2.05) is 6.92 Å². The van der Waals surface area contributed by atoms with Crippen molar-refractivity contribution in [2.45, 2.75) is 52.9 Å². The Kier molecular flexibility index (Phi) is 3.50. The standard InChI is InChI=1S/C16H24N4O/c1-11-6-12(2)20-9-14(18-15(20)17-11)8-19-7-13(3)21-16(4,5)10-19/h6,9,13H,7-8,10H2,1-5H3. The first-order valence-corrected chi connectivity index (χ1v) is 7.55. The van der Waals surface area contributed by atoms with Crippen molar-refractivity contribution in [2.75, 3.05) is 13.1 Å². The molecule has 3 heterocycles. The third-order valence-corrected chi connectivity index (χ3v) is 3.84. The number of ether oxygens (including phenoxy) is 1. The van der Waals surface area contributed by atoms with Gasteiger partial charge < -0.3 is 4.74 Å². The van der Waals surface area contributed by atoms with Gasteiger partial charge >= 0.3 is 0 Å². The number of rotatable bonds is 2. The maximum absolute atomic E-state index is 5.96. The number of aryl methyl sites for hydroxylation is 2. The summed E-state index contributed by atoms with van der Waals surface area (Å²) in [7, 11) is 0. The van der Waals surface area contributed by atoms with E-state index in [2.05, 4.69) is 59.2 Å². The zero-order valence-corrected chi connectivity index (χ0v) is 13.6. The molecule has 5 heteroatoms. The third-order valence-electron chi connectivity index (χ3n) is 3.84. The van der Waals surface area contributed by atoms with E-state index in [0.717, 1.165) is 36.8 Å². The average molecular weight is 288 g/mol. The molecule has 21 heavy (non-hydrogen) atoms. The molecule has 1 unspecified atom stereocenters. The van der Waals surface area contributed by atoms with Crippen molar-refractivity contribution in [1.82, 2.24) is 19.3 Å². The van der Waals surface area contributed by atoms with Gasteiger partial charge in [0.1, 0.15) is 0 Å². The topological polar surface area (TPSA) is 42.7 Å². The molecule has 0 aromatic carbocycles. The van der Waals surface area contributed by atoms with Gasteiger partial charge in [-0.25, -0.2) is 9.97 Å². The monoisotopic (exact) mass is 288 g/mol. The van der Waals surface area contributed by atoms with E-state index >= 15 is 0 Å². The third kappa shape index (κ3) is 3.09. The Hall–Kier alpha value is -1.46. The smallest absolute Gasteiger partial charge is 0.234 e. The van der Waals surface area contributed by atoms with Crippen LogP contribution in [0.2, 0.25) is 0 Å². The molecule has 0 spiro atoms.